The SMILES string of the molecule is CC(C)(ON)c1cn[nH]c1[N+](=O)[O-]. The molecule has 1 heterocycles. The molecular weight excluding hydrogens is 176 g/mol. The Balaban J connectivity index is 3.14. The van der Waals surface area contributed by atoms with Crippen molar-refractivity contribution in [3.63, 3.8) is 0 Å². The summed E-state index contributed by atoms with van der Waals surface area (Å²) in [5.41, 5.74) is -0.602. The number of nitrogens with two attached hydrogens (primary N) is 1. The highest BCUT2D eigenvalue weighted by Crippen LogP contribution is 2.28. The summed E-state index contributed by atoms with van der Waals surface area (Å²) >= 11 is 0. The molecule has 7 nitrogen and oxygen atoms in total. The molecule has 0 unspecified atom stereocenters. The third kappa shape index (κ3) is 1.65. The Kier molecular flexibility index (Phi) is 2.30. The molecular formula is C6H10N4O3. The molecule has 13 heavy (non-hydrogen) atoms. The van der Waals surface area contributed by atoms with Crippen molar-refractivity contribution >= 4 is 5.82 Å². The van der Waals surface area contributed by atoms with Gasteiger partial charge < -0.3 is 10.1 Å². The molecule has 0 aromatic carbocycles. The zero-order valence-corrected chi connectivity index (χ0v) is 7.27. The van der Waals surface area contributed by atoms with Crippen LogP contribution < -0.4 is 5.90 Å². The number of nitrogens with one attached hydrogen (secondary N) is 1. The van der Waals surface area contributed by atoms with Gasteiger partial charge in [-0.05, 0) is 18.8 Å². The quantitative estimate of drug-likeness (QED) is 0.526. The van der Waals surface area contributed by atoms with E-state index in [0.717, 1.165) is 0 Å². The van der Waals surface area contributed by atoms with Crippen molar-refractivity contribution < 1.29 is 9.76 Å². The van der Waals surface area contributed by atoms with Crippen molar-refractivity contribution in [3.05, 3.63) is 21.9 Å². The van der Waals surface area contributed by atoms with Crippen molar-refractivity contribution in [1.82, 2.24) is 10.2 Å². The van der Waals surface area contributed by atoms with E-state index in [1.165, 1.54) is 6.20 Å². The summed E-state index contributed by atoms with van der Waals surface area (Å²) in [6.07, 6.45) is 1.32. The Bertz CT molecular complexity index is 319. The first-order valence-corrected chi connectivity index (χ1v) is 3.55. The molecule has 0 atom stereocenters. The molecule has 0 aliphatic rings. The standard InChI is InChI=1S/C6H10N4O3/c1-6(2,13-7)4-3-8-9-5(4)10(11)12/h3H,7H2,1-2H3,(H,8,9). The van der Waals surface area contributed by atoms with Crippen LogP contribution in [0.15, 0.2) is 6.20 Å². The van der Waals surface area contributed by atoms with E-state index < -0.39 is 10.5 Å². The summed E-state index contributed by atoms with van der Waals surface area (Å²) in [7, 11) is 0. The lowest BCUT2D eigenvalue weighted by Crippen LogP contribution is -2.25. The lowest BCUT2D eigenvalue weighted by Gasteiger charge is -2.18. The van der Waals surface area contributed by atoms with Crippen LogP contribution in [-0.4, -0.2) is 15.1 Å². The Labute approximate surface area is 74.0 Å². The van der Waals surface area contributed by atoms with Gasteiger partial charge in [0.1, 0.15) is 11.2 Å². The van der Waals surface area contributed by atoms with Crippen LogP contribution in [0.25, 0.3) is 0 Å². The molecule has 1 aromatic rings. The second-order valence-corrected chi connectivity index (χ2v) is 3.02. The lowest BCUT2D eigenvalue weighted by atomic mass is 10.0. The first-order valence-electron chi connectivity index (χ1n) is 3.55. The predicted molar refractivity (Wildman–Crippen MR) is 43.5 cm³/mol. The number of hydrogen-bond acceptors (Lipinski definition) is 5. The molecule has 0 fully saturated rings. The van der Waals surface area contributed by atoms with Gasteiger partial charge in [-0.25, -0.2) is 5.90 Å². The molecule has 0 radical (unpaired) electrons. The van der Waals surface area contributed by atoms with Crippen LogP contribution in [0.2, 0.25) is 0 Å². The Morgan fingerprint density at radius 3 is 2.85 bits per heavy atom. The third-order valence-electron chi connectivity index (χ3n) is 1.75. The Morgan fingerprint density at radius 2 is 2.38 bits per heavy atom. The van der Waals surface area contributed by atoms with E-state index in [9.17, 15) is 10.1 Å². The van der Waals surface area contributed by atoms with Gasteiger partial charge in [0.15, 0.2) is 0 Å². The maximum atomic E-state index is 10.5. The lowest BCUT2D eigenvalue weighted by molar-refractivity contribution is -0.391. The molecule has 7 heteroatoms. The van der Waals surface area contributed by atoms with Gasteiger partial charge in [-0.3, -0.25) is 4.84 Å². The molecule has 0 spiro atoms. The highest BCUT2D eigenvalue weighted by atomic mass is 16.6. The average molecular weight is 186 g/mol. The molecule has 0 saturated carbocycles. The number of hydrogen-bond donors (Lipinski definition) is 2. The van der Waals surface area contributed by atoms with Gasteiger partial charge in [0.25, 0.3) is 0 Å². The van der Waals surface area contributed by atoms with E-state index in [2.05, 4.69) is 15.0 Å². The number of nitrogens with zero attached hydrogens (tertiary/aromatic N) is 2. The molecule has 0 bridgehead atoms. The van der Waals surface area contributed by atoms with Crippen LogP contribution in [0, 0.1) is 10.1 Å². The first-order chi connectivity index (χ1) is 5.99. The van der Waals surface area contributed by atoms with E-state index in [1.807, 2.05) is 0 Å². The van der Waals surface area contributed by atoms with E-state index >= 15 is 0 Å². The largest absolute Gasteiger partial charge is 0.358 e. The van der Waals surface area contributed by atoms with Gasteiger partial charge >= 0.3 is 5.82 Å². The first kappa shape index (κ1) is 9.62. The smallest absolute Gasteiger partial charge is 0.348 e. The molecule has 1 rings (SSSR count). The van der Waals surface area contributed by atoms with Crippen LogP contribution in [0.1, 0.15) is 19.4 Å². The van der Waals surface area contributed by atoms with Crippen LogP contribution in [0.4, 0.5) is 5.82 Å². The summed E-state index contributed by atoms with van der Waals surface area (Å²) in [5.74, 6) is 4.80. The van der Waals surface area contributed by atoms with E-state index in [-0.39, 0.29) is 5.82 Å². The van der Waals surface area contributed by atoms with Gasteiger partial charge in [-0.15, -0.1) is 5.10 Å². The monoisotopic (exact) mass is 186 g/mol. The number of nitro groups is 1. The van der Waals surface area contributed by atoms with Gasteiger partial charge in [0.05, 0.1) is 6.20 Å². The van der Waals surface area contributed by atoms with Crippen molar-refractivity contribution in [1.29, 1.82) is 0 Å². The molecule has 1 aromatic heterocycles. The molecule has 0 aliphatic heterocycles. The van der Waals surface area contributed by atoms with Crippen molar-refractivity contribution in [2.24, 2.45) is 5.90 Å². The van der Waals surface area contributed by atoms with Gasteiger partial charge in [-0.1, -0.05) is 5.10 Å². The second-order valence-electron chi connectivity index (χ2n) is 3.02. The summed E-state index contributed by atoms with van der Waals surface area (Å²) in [4.78, 5) is 14.5. The van der Waals surface area contributed by atoms with Crippen molar-refractivity contribution in [2.75, 3.05) is 0 Å². The maximum Gasteiger partial charge on any atom is 0.348 e. The van der Waals surface area contributed by atoms with Crippen molar-refractivity contribution in [2.45, 2.75) is 19.4 Å². The minimum Gasteiger partial charge on any atom is -0.358 e. The van der Waals surface area contributed by atoms with Gasteiger partial charge in [0.2, 0.25) is 0 Å². The summed E-state index contributed by atoms with van der Waals surface area (Å²) in [6.45, 7) is 3.23. The topological polar surface area (TPSA) is 107 Å². The summed E-state index contributed by atoms with van der Waals surface area (Å²) < 4.78 is 0. The van der Waals surface area contributed by atoms with E-state index in [4.69, 9.17) is 5.90 Å². The summed E-state index contributed by atoms with van der Waals surface area (Å²) in [5, 5.41) is 16.3. The normalized spacial score (nSPS) is 11.6. The Hall–Kier alpha value is -1.47. The predicted octanol–water partition coefficient (Wildman–Crippen LogP) is 0.443. The molecule has 0 saturated heterocycles. The van der Waals surface area contributed by atoms with E-state index in [0.29, 0.717) is 5.56 Å². The molecule has 0 aliphatic carbocycles. The molecule has 0 amide bonds. The van der Waals surface area contributed by atoms with Gasteiger partial charge in [0, 0.05) is 0 Å². The number of aromatic nitrogens is 2. The molecule has 3 N–H and O–H groups in total. The van der Waals surface area contributed by atoms with Gasteiger partial charge in [-0.2, -0.15) is 0 Å². The van der Waals surface area contributed by atoms with Crippen LogP contribution in [0.5, 0.6) is 0 Å². The fourth-order valence-corrected chi connectivity index (χ4v) is 0.923. The maximum absolute atomic E-state index is 10.5. The summed E-state index contributed by atoms with van der Waals surface area (Å²) in [6, 6.07) is 0. The van der Waals surface area contributed by atoms with Crippen LogP contribution >= 0.6 is 0 Å². The zero-order valence-electron chi connectivity index (χ0n) is 7.27. The van der Waals surface area contributed by atoms with Crippen molar-refractivity contribution in [3.8, 4) is 0 Å². The Morgan fingerprint density at radius 1 is 1.77 bits per heavy atom. The fraction of sp³-hybridized carbons (Fsp3) is 0.500. The fourth-order valence-electron chi connectivity index (χ4n) is 0.923. The molecule has 72 valence electrons. The number of rotatable bonds is 3. The number of aromatic amines is 1. The minimum atomic E-state index is -0.921. The third-order valence-corrected chi connectivity index (χ3v) is 1.75. The highest BCUT2D eigenvalue weighted by molar-refractivity contribution is 5.34. The number of H-pyrrole nitrogens is 1. The zero-order chi connectivity index (χ0) is 10.1. The highest BCUT2D eigenvalue weighted by Gasteiger charge is 2.31. The van der Waals surface area contributed by atoms with Crippen LogP contribution in [-0.2, 0) is 10.4 Å². The van der Waals surface area contributed by atoms with Crippen LogP contribution in [0.3, 0.4) is 0 Å². The van der Waals surface area contributed by atoms with E-state index in [1.54, 1.807) is 13.8 Å². The average Bonchev–Trinajstić information content (AvgIpc) is 2.52. The second kappa shape index (κ2) is 3.11. The minimum absolute atomic E-state index is 0.199.